The van der Waals surface area contributed by atoms with Gasteiger partial charge in [-0.3, -0.25) is 4.68 Å². The lowest BCUT2D eigenvalue weighted by atomic mass is 10.3. The van der Waals surface area contributed by atoms with E-state index in [1.807, 2.05) is 6.20 Å². The molecule has 0 amide bonds. The monoisotopic (exact) mass is 376 g/mol. The molecule has 1 aromatic heterocycles. The molecule has 0 aliphatic heterocycles. The standard InChI is InChI=1S/C12H11BrClFN4S/c13-8-6-17-19(7-8)4-3-16-12(20)18-9-1-2-11(15)10(14)5-9/h1-2,5-7H,3-4H2,(H2,16,18,20). The lowest BCUT2D eigenvalue weighted by molar-refractivity contribution is 0.604. The van der Waals surface area contributed by atoms with Crippen molar-refractivity contribution < 1.29 is 4.39 Å². The zero-order valence-corrected chi connectivity index (χ0v) is 13.4. The third-order valence-electron chi connectivity index (χ3n) is 2.41. The molecule has 0 unspecified atom stereocenters. The maximum absolute atomic E-state index is 13.0. The van der Waals surface area contributed by atoms with Gasteiger partial charge in [0.05, 0.1) is 22.2 Å². The SMILES string of the molecule is Fc1ccc(NC(=S)NCCn2cc(Br)cn2)cc1Cl. The second-order valence-electron chi connectivity index (χ2n) is 3.93. The van der Waals surface area contributed by atoms with Crippen molar-refractivity contribution in [1.82, 2.24) is 15.1 Å². The third-order valence-corrected chi connectivity index (χ3v) is 3.35. The second-order valence-corrected chi connectivity index (χ2v) is 5.66. The van der Waals surface area contributed by atoms with Crippen LogP contribution in [0.25, 0.3) is 0 Å². The van der Waals surface area contributed by atoms with Gasteiger partial charge in [-0.15, -0.1) is 0 Å². The van der Waals surface area contributed by atoms with Crippen LogP contribution in [0.2, 0.25) is 5.02 Å². The number of benzene rings is 1. The molecule has 1 aromatic carbocycles. The van der Waals surface area contributed by atoms with Crippen molar-refractivity contribution in [1.29, 1.82) is 0 Å². The second kappa shape index (κ2) is 7.01. The Bertz CT molecular complexity index is 619. The maximum atomic E-state index is 13.0. The van der Waals surface area contributed by atoms with Crippen molar-refractivity contribution in [2.24, 2.45) is 0 Å². The summed E-state index contributed by atoms with van der Waals surface area (Å²) in [5, 5.41) is 10.6. The summed E-state index contributed by atoms with van der Waals surface area (Å²) in [6, 6.07) is 4.34. The number of anilines is 1. The predicted molar refractivity (Wildman–Crippen MR) is 85.6 cm³/mol. The van der Waals surface area contributed by atoms with Gasteiger partial charge in [-0.1, -0.05) is 11.6 Å². The number of aromatic nitrogens is 2. The average molecular weight is 378 g/mol. The molecule has 0 bridgehead atoms. The molecular weight excluding hydrogens is 367 g/mol. The fourth-order valence-electron chi connectivity index (χ4n) is 1.49. The quantitative estimate of drug-likeness (QED) is 0.801. The Hall–Kier alpha value is -1.18. The Kier molecular flexibility index (Phi) is 5.33. The lowest BCUT2D eigenvalue weighted by Crippen LogP contribution is -2.31. The van der Waals surface area contributed by atoms with Crippen LogP contribution in [0.1, 0.15) is 0 Å². The van der Waals surface area contributed by atoms with Crippen LogP contribution in [0.3, 0.4) is 0 Å². The largest absolute Gasteiger partial charge is 0.361 e. The highest BCUT2D eigenvalue weighted by atomic mass is 79.9. The predicted octanol–water partition coefficient (Wildman–Crippen LogP) is 3.42. The molecule has 2 N–H and O–H groups in total. The number of halogens is 3. The molecule has 106 valence electrons. The van der Waals surface area contributed by atoms with Crippen molar-refractivity contribution >= 4 is 50.5 Å². The van der Waals surface area contributed by atoms with E-state index in [9.17, 15) is 4.39 Å². The molecule has 0 aliphatic carbocycles. The summed E-state index contributed by atoms with van der Waals surface area (Å²) in [4.78, 5) is 0. The van der Waals surface area contributed by atoms with Gasteiger partial charge in [-0.25, -0.2) is 4.39 Å². The fraction of sp³-hybridized carbons (Fsp3) is 0.167. The molecule has 0 fully saturated rings. The van der Waals surface area contributed by atoms with Crippen LogP contribution < -0.4 is 10.6 Å². The van der Waals surface area contributed by atoms with E-state index in [-0.39, 0.29) is 5.02 Å². The molecule has 8 heteroatoms. The minimum atomic E-state index is -0.458. The summed E-state index contributed by atoms with van der Waals surface area (Å²) in [5.41, 5.74) is 0.635. The number of hydrogen-bond acceptors (Lipinski definition) is 2. The zero-order valence-electron chi connectivity index (χ0n) is 10.2. The van der Waals surface area contributed by atoms with E-state index in [0.717, 1.165) is 4.47 Å². The first-order chi connectivity index (χ1) is 9.54. The van der Waals surface area contributed by atoms with Gasteiger partial charge in [0.1, 0.15) is 5.82 Å². The van der Waals surface area contributed by atoms with Crippen LogP contribution in [0.4, 0.5) is 10.1 Å². The van der Waals surface area contributed by atoms with Crippen LogP contribution >= 0.6 is 39.7 Å². The van der Waals surface area contributed by atoms with Crippen molar-refractivity contribution in [2.45, 2.75) is 6.54 Å². The molecular formula is C12H11BrClFN4S. The molecule has 0 radical (unpaired) electrons. The van der Waals surface area contributed by atoms with Gasteiger partial charge in [-0.05, 0) is 46.3 Å². The Balaban J connectivity index is 1.79. The lowest BCUT2D eigenvalue weighted by Gasteiger charge is -2.10. The van der Waals surface area contributed by atoms with Crippen LogP contribution in [0, 0.1) is 5.82 Å². The summed E-state index contributed by atoms with van der Waals surface area (Å²) in [6.07, 6.45) is 3.59. The molecule has 20 heavy (non-hydrogen) atoms. The van der Waals surface area contributed by atoms with E-state index in [4.69, 9.17) is 23.8 Å². The van der Waals surface area contributed by atoms with Gasteiger partial charge < -0.3 is 10.6 Å². The smallest absolute Gasteiger partial charge is 0.170 e. The molecule has 4 nitrogen and oxygen atoms in total. The molecule has 1 heterocycles. The number of rotatable bonds is 4. The first-order valence-electron chi connectivity index (χ1n) is 5.72. The maximum Gasteiger partial charge on any atom is 0.170 e. The van der Waals surface area contributed by atoms with Gasteiger partial charge in [-0.2, -0.15) is 5.10 Å². The molecule has 2 aromatic rings. The fourth-order valence-corrected chi connectivity index (χ4v) is 2.22. The zero-order chi connectivity index (χ0) is 14.5. The molecule has 0 saturated carbocycles. The Morgan fingerprint density at radius 2 is 2.30 bits per heavy atom. The van der Waals surface area contributed by atoms with Gasteiger partial charge in [0, 0.05) is 18.4 Å². The number of nitrogens with one attached hydrogen (secondary N) is 2. The van der Waals surface area contributed by atoms with Crippen LogP contribution in [0.5, 0.6) is 0 Å². The van der Waals surface area contributed by atoms with Crippen molar-refractivity contribution in [2.75, 3.05) is 11.9 Å². The minimum absolute atomic E-state index is 0.0548. The first kappa shape index (κ1) is 15.2. The molecule has 2 rings (SSSR count). The summed E-state index contributed by atoms with van der Waals surface area (Å²) in [6.45, 7) is 1.30. The highest BCUT2D eigenvalue weighted by Crippen LogP contribution is 2.19. The molecule has 0 saturated heterocycles. The van der Waals surface area contributed by atoms with E-state index >= 15 is 0 Å². The highest BCUT2D eigenvalue weighted by molar-refractivity contribution is 9.10. The van der Waals surface area contributed by atoms with Crippen LogP contribution in [-0.2, 0) is 6.54 Å². The highest BCUT2D eigenvalue weighted by Gasteiger charge is 2.02. The average Bonchev–Trinajstić information content (AvgIpc) is 2.80. The Morgan fingerprint density at radius 1 is 1.50 bits per heavy atom. The van der Waals surface area contributed by atoms with Gasteiger partial charge in [0.2, 0.25) is 0 Å². The molecule has 0 atom stereocenters. The summed E-state index contributed by atoms with van der Waals surface area (Å²) in [5.74, 6) is -0.458. The van der Waals surface area contributed by atoms with Crippen molar-refractivity contribution in [3.05, 3.63) is 45.9 Å². The summed E-state index contributed by atoms with van der Waals surface area (Å²) < 4.78 is 15.7. The number of nitrogens with zero attached hydrogens (tertiary/aromatic N) is 2. The minimum Gasteiger partial charge on any atom is -0.361 e. The van der Waals surface area contributed by atoms with Gasteiger partial charge in [0.15, 0.2) is 5.11 Å². The van der Waals surface area contributed by atoms with E-state index < -0.39 is 5.82 Å². The molecule has 0 aliphatic rings. The molecule has 0 spiro atoms. The van der Waals surface area contributed by atoms with Gasteiger partial charge in [0.25, 0.3) is 0 Å². The number of hydrogen-bond donors (Lipinski definition) is 2. The Morgan fingerprint density at radius 3 is 2.95 bits per heavy atom. The first-order valence-corrected chi connectivity index (χ1v) is 7.30. The van der Waals surface area contributed by atoms with E-state index in [1.165, 1.54) is 12.1 Å². The van der Waals surface area contributed by atoms with E-state index in [1.54, 1.807) is 16.9 Å². The van der Waals surface area contributed by atoms with E-state index in [2.05, 4.69) is 31.7 Å². The number of thiocarbonyl (C=S) groups is 1. The van der Waals surface area contributed by atoms with Gasteiger partial charge >= 0.3 is 0 Å². The topological polar surface area (TPSA) is 41.9 Å². The van der Waals surface area contributed by atoms with Crippen LogP contribution in [-0.4, -0.2) is 21.4 Å². The normalized spacial score (nSPS) is 10.3. The summed E-state index contributed by atoms with van der Waals surface area (Å²) in [7, 11) is 0. The van der Waals surface area contributed by atoms with Crippen molar-refractivity contribution in [3.63, 3.8) is 0 Å². The van der Waals surface area contributed by atoms with E-state index in [0.29, 0.717) is 23.9 Å². The van der Waals surface area contributed by atoms with Crippen LogP contribution in [0.15, 0.2) is 35.1 Å². The summed E-state index contributed by atoms with van der Waals surface area (Å²) >= 11 is 14.1. The third kappa shape index (κ3) is 4.43. The Labute approximate surface area is 134 Å². The van der Waals surface area contributed by atoms with Crippen molar-refractivity contribution in [3.8, 4) is 0 Å².